The molecule has 0 saturated carbocycles. The van der Waals surface area contributed by atoms with Gasteiger partial charge < -0.3 is 9.32 Å². The molecule has 1 unspecified atom stereocenters. The second-order valence-electron chi connectivity index (χ2n) is 13.7. The highest BCUT2D eigenvalue weighted by Crippen LogP contribution is 2.42. The van der Waals surface area contributed by atoms with Gasteiger partial charge in [-0.3, -0.25) is 0 Å². The highest BCUT2D eigenvalue weighted by Gasteiger charge is 2.29. The summed E-state index contributed by atoms with van der Waals surface area (Å²) in [6.45, 7) is 2.30. The van der Waals surface area contributed by atoms with Gasteiger partial charge >= 0.3 is 0 Å². The van der Waals surface area contributed by atoms with Gasteiger partial charge in [0.15, 0.2) is 0 Å². The highest BCUT2D eigenvalue weighted by atomic mass is 16.3. The predicted molar refractivity (Wildman–Crippen MR) is 195 cm³/mol. The van der Waals surface area contributed by atoms with E-state index in [0.29, 0.717) is 23.7 Å². The van der Waals surface area contributed by atoms with Crippen molar-refractivity contribution in [2.75, 3.05) is 0 Å². The summed E-state index contributed by atoms with van der Waals surface area (Å²) in [6, 6.07) is 23.9. The first kappa shape index (κ1) is 28.2. The Kier molecular flexibility index (Phi) is 6.96. The van der Waals surface area contributed by atoms with Gasteiger partial charge in [-0.25, -0.2) is 0 Å². The van der Waals surface area contributed by atoms with Gasteiger partial charge in [0.05, 0.1) is 0 Å². The smallest absolute Gasteiger partial charge is 0.135 e. The lowest BCUT2D eigenvalue weighted by Crippen LogP contribution is -2.26. The van der Waals surface area contributed by atoms with Crippen molar-refractivity contribution in [3.8, 4) is 0 Å². The molecule has 230 valence electrons. The fraction of sp³-hybridized carbons (Fsp3) is 0.200. The summed E-state index contributed by atoms with van der Waals surface area (Å²) in [5, 5.41) is 3.92. The molecule has 0 fully saturated rings. The summed E-state index contributed by atoms with van der Waals surface area (Å²) in [6.07, 6.45) is 34.9. The van der Waals surface area contributed by atoms with Crippen molar-refractivity contribution in [2.45, 2.75) is 38.5 Å². The zero-order chi connectivity index (χ0) is 31.3. The van der Waals surface area contributed by atoms with Gasteiger partial charge in [-0.2, -0.15) is 0 Å². The van der Waals surface area contributed by atoms with Gasteiger partial charge in [-0.05, 0) is 89.5 Å². The lowest BCUT2D eigenvalue weighted by molar-refractivity contribution is 0.490. The molecule has 0 bridgehead atoms. The van der Waals surface area contributed by atoms with Crippen LogP contribution < -0.4 is 0 Å². The van der Waals surface area contributed by atoms with Crippen molar-refractivity contribution in [1.29, 1.82) is 0 Å². The number of hydrogen-bond donors (Lipinski definition) is 0. The SMILES string of the molecule is CC1C=CC(N(C2=CC[C@H](c3cccc4ccccc34)C=C2)C2=CC=C3C=C([C@H]4C=Cc5oc6ccccc6c5C4)C=C[C@@H]3C2)=CC1. The Morgan fingerprint density at radius 3 is 2.23 bits per heavy atom. The minimum absolute atomic E-state index is 0.357. The summed E-state index contributed by atoms with van der Waals surface area (Å²) < 4.78 is 6.13. The largest absolute Gasteiger partial charge is 0.456 e. The number of nitrogens with zero attached hydrogens (tertiary/aromatic N) is 1. The first-order valence-corrected chi connectivity index (χ1v) is 17.2. The molecule has 0 aliphatic heterocycles. The van der Waals surface area contributed by atoms with Crippen LogP contribution in [-0.2, 0) is 6.42 Å². The molecule has 4 aromatic rings. The molecule has 1 heterocycles. The van der Waals surface area contributed by atoms with Crippen LogP contribution in [0.5, 0.6) is 0 Å². The van der Waals surface area contributed by atoms with Crippen LogP contribution in [0, 0.1) is 17.8 Å². The van der Waals surface area contributed by atoms with E-state index in [9.17, 15) is 0 Å². The molecule has 0 saturated heterocycles. The third-order valence-electron chi connectivity index (χ3n) is 10.6. The van der Waals surface area contributed by atoms with E-state index in [2.05, 4.69) is 158 Å². The molecular formula is C45H39NO. The van der Waals surface area contributed by atoms with Crippen molar-refractivity contribution in [2.24, 2.45) is 17.8 Å². The first-order chi connectivity index (χ1) is 23.2. The van der Waals surface area contributed by atoms with E-state index in [1.54, 1.807) is 0 Å². The monoisotopic (exact) mass is 609 g/mol. The Labute approximate surface area is 277 Å². The second-order valence-corrected chi connectivity index (χ2v) is 13.7. The number of benzene rings is 3. The number of rotatable bonds is 5. The van der Waals surface area contributed by atoms with Crippen LogP contribution >= 0.6 is 0 Å². The summed E-state index contributed by atoms with van der Waals surface area (Å²) in [5.74, 6) is 2.70. The number of fused-ring (bicyclic) bond motifs is 5. The molecule has 1 aromatic heterocycles. The Hall–Kier alpha value is -5.08. The zero-order valence-electron chi connectivity index (χ0n) is 26.8. The fourth-order valence-electron chi connectivity index (χ4n) is 8.05. The molecule has 47 heavy (non-hydrogen) atoms. The van der Waals surface area contributed by atoms with Crippen molar-refractivity contribution in [1.82, 2.24) is 4.90 Å². The molecule has 0 spiro atoms. The topological polar surface area (TPSA) is 16.4 Å². The minimum atomic E-state index is 0.357. The van der Waals surface area contributed by atoms with Crippen LogP contribution in [-0.4, -0.2) is 4.90 Å². The summed E-state index contributed by atoms with van der Waals surface area (Å²) in [5.41, 5.74) is 10.5. The van der Waals surface area contributed by atoms with Gasteiger partial charge in [0.2, 0.25) is 0 Å². The van der Waals surface area contributed by atoms with Gasteiger partial charge in [-0.1, -0.05) is 122 Å². The Morgan fingerprint density at radius 2 is 1.38 bits per heavy atom. The first-order valence-electron chi connectivity index (χ1n) is 17.2. The molecule has 2 heteroatoms. The maximum absolute atomic E-state index is 6.13. The van der Waals surface area contributed by atoms with Gasteiger partial charge in [0.1, 0.15) is 11.3 Å². The van der Waals surface area contributed by atoms with Crippen molar-refractivity contribution in [3.63, 3.8) is 0 Å². The molecule has 2 nitrogen and oxygen atoms in total. The lowest BCUT2D eigenvalue weighted by atomic mass is 9.78. The van der Waals surface area contributed by atoms with E-state index in [1.165, 1.54) is 55.5 Å². The number of allylic oxidation sites excluding steroid dienone is 15. The van der Waals surface area contributed by atoms with E-state index in [-0.39, 0.29) is 0 Å². The Balaban J connectivity index is 0.997. The van der Waals surface area contributed by atoms with Crippen LogP contribution in [0.3, 0.4) is 0 Å². The lowest BCUT2D eigenvalue weighted by Gasteiger charge is -2.36. The molecular weight excluding hydrogens is 571 g/mol. The highest BCUT2D eigenvalue weighted by molar-refractivity contribution is 5.87. The molecule has 0 radical (unpaired) electrons. The zero-order valence-corrected chi connectivity index (χ0v) is 26.8. The van der Waals surface area contributed by atoms with Gasteiger partial charge in [0, 0.05) is 45.8 Å². The van der Waals surface area contributed by atoms with Crippen molar-refractivity contribution >= 4 is 27.8 Å². The number of para-hydroxylation sites is 1. The standard InChI is InChI=1S/C45H39NO/c1-30-13-21-37(22-14-30)46(38-23-17-32(18-24-38)41-11-6-8-31-7-2-3-9-40(31)41)39-25-19-34-27-33(15-16-35(34)28-39)36-20-26-45-43(29-36)42-10-4-5-12-44(42)47-45/h2-13,15-17,19-27,30,32,35-36H,14,18,28-29H2,1H3/t30?,32-,35-,36+/m1/s1. The van der Waals surface area contributed by atoms with Crippen molar-refractivity contribution in [3.05, 3.63) is 185 Å². The van der Waals surface area contributed by atoms with Crippen molar-refractivity contribution < 1.29 is 4.42 Å². The molecule has 9 rings (SSSR count). The average molecular weight is 610 g/mol. The van der Waals surface area contributed by atoms with E-state index < -0.39 is 0 Å². The van der Waals surface area contributed by atoms with Crippen LogP contribution in [0.1, 0.15) is 49.0 Å². The molecule has 0 N–H and O–H groups in total. The van der Waals surface area contributed by atoms with Gasteiger partial charge in [0.25, 0.3) is 0 Å². The Bertz CT molecular complexity index is 2180. The van der Waals surface area contributed by atoms with Gasteiger partial charge in [-0.15, -0.1) is 0 Å². The van der Waals surface area contributed by atoms with Crippen LogP contribution in [0.25, 0.3) is 27.8 Å². The summed E-state index contributed by atoms with van der Waals surface area (Å²) in [7, 11) is 0. The van der Waals surface area contributed by atoms with E-state index >= 15 is 0 Å². The summed E-state index contributed by atoms with van der Waals surface area (Å²) in [4.78, 5) is 2.52. The normalized spacial score (nSPS) is 24.7. The maximum Gasteiger partial charge on any atom is 0.135 e. The van der Waals surface area contributed by atoms with Crippen LogP contribution in [0.2, 0.25) is 0 Å². The summed E-state index contributed by atoms with van der Waals surface area (Å²) >= 11 is 0. The van der Waals surface area contributed by atoms with E-state index in [1.807, 2.05) is 0 Å². The molecule has 5 aliphatic carbocycles. The molecule has 0 amide bonds. The minimum Gasteiger partial charge on any atom is -0.456 e. The van der Waals surface area contributed by atoms with Crippen LogP contribution in [0.4, 0.5) is 0 Å². The quantitative estimate of drug-likeness (QED) is 0.224. The maximum atomic E-state index is 6.13. The number of furan rings is 1. The second kappa shape index (κ2) is 11.6. The van der Waals surface area contributed by atoms with E-state index in [4.69, 9.17) is 4.42 Å². The predicted octanol–water partition coefficient (Wildman–Crippen LogP) is 11.5. The Morgan fingerprint density at radius 1 is 0.638 bits per heavy atom. The van der Waals surface area contributed by atoms with E-state index in [0.717, 1.165) is 37.0 Å². The van der Waals surface area contributed by atoms with Crippen LogP contribution in [0.15, 0.2) is 172 Å². The fourth-order valence-corrected chi connectivity index (χ4v) is 8.05. The average Bonchev–Trinajstić information content (AvgIpc) is 3.50. The third-order valence-corrected chi connectivity index (χ3v) is 10.6. The number of hydrogen-bond acceptors (Lipinski definition) is 2. The molecule has 4 atom stereocenters. The third kappa shape index (κ3) is 5.13. The molecule has 3 aromatic carbocycles. The molecule has 5 aliphatic rings.